The topological polar surface area (TPSA) is 54.5 Å². The van der Waals surface area contributed by atoms with Crippen molar-refractivity contribution < 1.29 is 18.3 Å². The van der Waals surface area contributed by atoms with E-state index < -0.39 is 11.4 Å². The van der Waals surface area contributed by atoms with Gasteiger partial charge in [0.25, 0.3) is 0 Å². The number of nitrogens with zero attached hydrogens (tertiary/aromatic N) is 2. The Morgan fingerprint density at radius 2 is 1.82 bits per heavy atom. The summed E-state index contributed by atoms with van der Waals surface area (Å²) in [5, 5.41) is 3.85. The van der Waals surface area contributed by atoms with Crippen molar-refractivity contribution in [3.05, 3.63) is 65.9 Å². The van der Waals surface area contributed by atoms with E-state index in [1.165, 1.54) is 25.3 Å². The summed E-state index contributed by atoms with van der Waals surface area (Å²) in [5.74, 6) is -0.114. The smallest absolute Gasteiger partial charge is 0.245 e. The fraction of sp³-hybridized carbons (Fsp3) is 0.385. The van der Waals surface area contributed by atoms with E-state index in [4.69, 9.17) is 4.74 Å². The van der Waals surface area contributed by atoms with Crippen molar-refractivity contribution in [1.82, 2.24) is 9.88 Å². The molecule has 2 heterocycles. The summed E-state index contributed by atoms with van der Waals surface area (Å²) >= 11 is 0. The molecule has 3 aromatic rings. The SMILES string of the molecule is COc1cc(F)ccc1NC(=O)C1(N2CCC(c3ccnc4ccc(F)cc34)CC2)CCC1. The normalized spacial score (nSPS) is 18.6. The predicted molar refractivity (Wildman–Crippen MR) is 123 cm³/mol. The van der Waals surface area contributed by atoms with Crippen LogP contribution in [0, 0.1) is 11.6 Å². The Morgan fingerprint density at radius 1 is 1.09 bits per heavy atom. The number of amides is 1. The average molecular weight is 452 g/mol. The Labute approximate surface area is 191 Å². The number of methoxy groups -OCH3 is 1. The third kappa shape index (κ3) is 3.95. The second kappa shape index (κ2) is 8.71. The van der Waals surface area contributed by atoms with Gasteiger partial charge in [0.1, 0.15) is 22.9 Å². The van der Waals surface area contributed by atoms with Crippen LogP contribution in [0.4, 0.5) is 14.5 Å². The Kier molecular flexibility index (Phi) is 5.74. The second-order valence-corrected chi connectivity index (χ2v) is 9.01. The quantitative estimate of drug-likeness (QED) is 0.575. The van der Waals surface area contributed by atoms with Crippen LogP contribution in [0.25, 0.3) is 10.9 Å². The van der Waals surface area contributed by atoms with Gasteiger partial charge in [-0.15, -0.1) is 0 Å². The maximum absolute atomic E-state index is 13.9. The lowest BCUT2D eigenvalue weighted by atomic mass is 9.72. The first-order chi connectivity index (χ1) is 16.0. The van der Waals surface area contributed by atoms with Crippen molar-refractivity contribution in [2.45, 2.75) is 43.6 Å². The van der Waals surface area contributed by atoms with E-state index in [2.05, 4.69) is 15.2 Å². The van der Waals surface area contributed by atoms with Gasteiger partial charge in [0.05, 0.1) is 18.3 Å². The third-order valence-electron chi connectivity index (χ3n) is 7.29. The summed E-state index contributed by atoms with van der Waals surface area (Å²) < 4.78 is 32.7. The van der Waals surface area contributed by atoms with Crippen molar-refractivity contribution in [3.8, 4) is 5.75 Å². The number of nitrogens with one attached hydrogen (secondary N) is 1. The zero-order valence-corrected chi connectivity index (χ0v) is 18.6. The molecule has 2 aliphatic rings. The van der Waals surface area contributed by atoms with Gasteiger partial charge in [-0.25, -0.2) is 8.78 Å². The first-order valence-corrected chi connectivity index (χ1v) is 11.4. The molecule has 2 fully saturated rings. The Bertz CT molecular complexity index is 1190. The van der Waals surface area contributed by atoms with Crippen LogP contribution in [-0.2, 0) is 4.79 Å². The van der Waals surface area contributed by atoms with E-state index >= 15 is 0 Å². The molecule has 1 aliphatic carbocycles. The molecule has 1 N–H and O–H groups in total. The number of ether oxygens (including phenoxy) is 1. The van der Waals surface area contributed by atoms with Crippen LogP contribution in [0.3, 0.4) is 0 Å². The number of fused-ring (bicyclic) bond motifs is 1. The summed E-state index contributed by atoms with van der Waals surface area (Å²) in [7, 11) is 1.46. The molecule has 5 rings (SSSR count). The van der Waals surface area contributed by atoms with E-state index in [1.54, 1.807) is 24.4 Å². The number of hydrogen-bond donors (Lipinski definition) is 1. The number of carbonyl (C=O) groups is 1. The van der Waals surface area contributed by atoms with Crippen LogP contribution >= 0.6 is 0 Å². The maximum atomic E-state index is 13.9. The number of likely N-dealkylation sites (tertiary alicyclic amines) is 1. The van der Waals surface area contributed by atoms with Gasteiger partial charge in [-0.2, -0.15) is 0 Å². The summed E-state index contributed by atoms with van der Waals surface area (Å²) in [6, 6.07) is 10.9. The maximum Gasteiger partial charge on any atom is 0.245 e. The van der Waals surface area contributed by atoms with E-state index in [0.717, 1.165) is 61.7 Å². The molecule has 0 spiro atoms. The van der Waals surface area contributed by atoms with E-state index in [9.17, 15) is 13.6 Å². The van der Waals surface area contributed by atoms with Gasteiger partial charge in [-0.1, -0.05) is 0 Å². The van der Waals surface area contributed by atoms with Crippen molar-refractivity contribution in [1.29, 1.82) is 0 Å². The van der Waals surface area contributed by atoms with Crippen molar-refractivity contribution in [2.24, 2.45) is 0 Å². The summed E-state index contributed by atoms with van der Waals surface area (Å²) in [4.78, 5) is 20.0. The summed E-state index contributed by atoms with van der Waals surface area (Å²) in [6.45, 7) is 1.58. The van der Waals surface area contributed by atoms with Gasteiger partial charge < -0.3 is 10.1 Å². The molecular formula is C26H27F2N3O2. The van der Waals surface area contributed by atoms with Crippen LogP contribution in [-0.4, -0.2) is 41.5 Å². The summed E-state index contributed by atoms with van der Waals surface area (Å²) in [5.41, 5.74) is 1.87. The molecule has 5 nitrogen and oxygen atoms in total. The molecule has 172 valence electrons. The highest BCUT2D eigenvalue weighted by atomic mass is 19.1. The third-order valence-corrected chi connectivity index (χ3v) is 7.29. The van der Waals surface area contributed by atoms with Crippen molar-refractivity contribution in [3.63, 3.8) is 0 Å². The van der Waals surface area contributed by atoms with Gasteiger partial charge in [-0.3, -0.25) is 14.7 Å². The first-order valence-electron chi connectivity index (χ1n) is 11.4. The number of anilines is 1. The lowest BCUT2D eigenvalue weighted by molar-refractivity contribution is -0.135. The number of hydrogen-bond acceptors (Lipinski definition) is 4. The Balaban J connectivity index is 1.32. The molecule has 7 heteroatoms. The minimum atomic E-state index is -0.545. The second-order valence-electron chi connectivity index (χ2n) is 9.01. The monoisotopic (exact) mass is 451 g/mol. The molecule has 1 aromatic heterocycles. The van der Waals surface area contributed by atoms with Crippen LogP contribution in [0.15, 0.2) is 48.7 Å². The van der Waals surface area contributed by atoms with E-state index in [0.29, 0.717) is 17.4 Å². The van der Waals surface area contributed by atoms with Crippen LogP contribution in [0.2, 0.25) is 0 Å². The molecule has 33 heavy (non-hydrogen) atoms. The fourth-order valence-corrected chi connectivity index (χ4v) is 5.32. The van der Waals surface area contributed by atoms with Gasteiger partial charge in [0.15, 0.2) is 0 Å². The number of rotatable bonds is 5. The lowest BCUT2D eigenvalue weighted by Crippen LogP contribution is -2.62. The van der Waals surface area contributed by atoms with Crippen molar-refractivity contribution >= 4 is 22.5 Å². The molecule has 0 bridgehead atoms. The number of benzene rings is 2. The molecule has 0 radical (unpaired) electrons. The molecule has 1 saturated carbocycles. The highest BCUT2D eigenvalue weighted by molar-refractivity contribution is 5.99. The van der Waals surface area contributed by atoms with Crippen LogP contribution in [0.1, 0.15) is 43.6 Å². The van der Waals surface area contributed by atoms with E-state index in [1.807, 2.05) is 6.07 Å². The minimum absolute atomic E-state index is 0.0615. The Morgan fingerprint density at radius 3 is 2.52 bits per heavy atom. The van der Waals surface area contributed by atoms with Gasteiger partial charge >= 0.3 is 0 Å². The number of piperidine rings is 1. The number of pyridine rings is 1. The van der Waals surface area contributed by atoms with Crippen LogP contribution in [0.5, 0.6) is 5.75 Å². The highest BCUT2D eigenvalue weighted by Gasteiger charge is 2.49. The first kappa shape index (κ1) is 21.8. The molecule has 2 aromatic carbocycles. The van der Waals surface area contributed by atoms with Gasteiger partial charge in [-0.05, 0) is 93.1 Å². The summed E-state index contributed by atoms with van der Waals surface area (Å²) in [6.07, 6.45) is 6.18. The highest BCUT2D eigenvalue weighted by Crippen LogP contribution is 2.43. The molecule has 1 aliphatic heterocycles. The van der Waals surface area contributed by atoms with Gasteiger partial charge in [0, 0.05) is 17.6 Å². The zero-order chi connectivity index (χ0) is 23.0. The number of carbonyl (C=O) groups excluding carboxylic acids is 1. The average Bonchev–Trinajstić information content (AvgIpc) is 2.79. The molecule has 1 saturated heterocycles. The number of halogens is 2. The van der Waals surface area contributed by atoms with Gasteiger partial charge in [0.2, 0.25) is 5.91 Å². The molecular weight excluding hydrogens is 424 g/mol. The van der Waals surface area contributed by atoms with E-state index in [-0.39, 0.29) is 11.7 Å². The molecule has 0 unspecified atom stereocenters. The lowest BCUT2D eigenvalue weighted by Gasteiger charge is -2.51. The number of aromatic nitrogens is 1. The fourth-order valence-electron chi connectivity index (χ4n) is 5.32. The standard InChI is InChI=1S/C26H27F2N3O2/c1-33-24-16-19(28)4-6-23(24)30-25(32)26(10-2-11-26)31-13-8-17(9-14-31)20-7-12-29-22-5-3-18(27)15-21(20)22/h3-7,12,15-17H,2,8-11,13-14H2,1H3,(H,30,32). The minimum Gasteiger partial charge on any atom is -0.494 e. The predicted octanol–water partition coefficient (Wildman–Crippen LogP) is 5.26. The zero-order valence-electron chi connectivity index (χ0n) is 18.6. The van der Waals surface area contributed by atoms with Crippen LogP contribution < -0.4 is 10.1 Å². The molecule has 1 amide bonds. The Hall–Kier alpha value is -3.06. The van der Waals surface area contributed by atoms with Crippen molar-refractivity contribution in [2.75, 3.05) is 25.5 Å². The largest absolute Gasteiger partial charge is 0.494 e. The molecule has 0 atom stereocenters.